The third-order valence-corrected chi connectivity index (χ3v) is 5.84. The SMILES string of the molecule is CC1NCCC1C(=O)Nc1sc2c(c1C#N)CCCCC2. The molecule has 3 rings (SSSR count). The highest BCUT2D eigenvalue weighted by Gasteiger charge is 2.30. The molecule has 1 aliphatic heterocycles. The topological polar surface area (TPSA) is 64.9 Å². The standard InChI is InChI=1S/C16H21N3OS/c1-10-11(7-8-18-10)15(20)19-16-13(9-17)12-5-3-2-4-6-14(12)21-16/h10-11,18H,2-8H2,1H3,(H,19,20). The monoisotopic (exact) mass is 303 g/mol. The van der Waals surface area contributed by atoms with Crippen LogP contribution in [0.3, 0.4) is 0 Å². The number of nitrogens with one attached hydrogen (secondary N) is 2. The van der Waals surface area contributed by atoms with Crippen LogP contribution >= 0.6 is 11.3 Å². The quantitative estimate of drug-likeness (QED) is 0.826. The first kappa shape index (κ1) is 14.6. The van der Waals surface area contributed by atoms with Crippen molar-refractivity contribution in [2.75, 3.05) is 11.9 Å². The lowest BCUT2D eigenvalue weighted by atomic mass is 10.0. The molecule has 5 heteroatoms. The van der Waals surface area contributed by atoms with Crippen molar-refractivity contribution in [3.63, 3.8) is 0 Å². The van der Waals surface area contributed by atoms with E-state index in [1.165, 1.54) is 23.3 Å². The van der Waals surface area contributed by atoms with Crippen molar-refractivity contribution in [2.45, 2.75) is 51.5 Å². The van der Waals surface area contributed by atoms with Crippen molar-refractivity contribution in [1.29, 1.82) is 5.26 Å². The van der Waals surface area contributed by atoms with Crippen molar-refractivity contribution in [1.82, 2.24) is 5.32 Å². The van der Waals surface area contributed by atoms with Crippen molar-refractivity contribution in [3.05, 3.63) is 16.0 Å². The van der Waals surface area contributed by atoms with E-state index in [-0.39, 0.29) is 17.9 Å². The maximum atomic E-state index is 12.4. The third kappa shape index (κ3) is 2.83. The van der Waals surface area contributed by atoms with Gasteiger partial charge in [0.1, 0.15) is 11.1 Å². The highest BCUT2D eigenvalue weighted by Crippen LogP contribution is 2.37. The van der Waals surface area contributed by atoms with Crippen LogP contribution in [-0.4, -0.2) is 18.5 Å². The van der Waals surface area contributed by atoms with Crippen LogP contribution in [-0.2, 0) is 17.6 Å². The van der Waals surface area contributed by atoms with E-state index in [0.717, 1.165) is 37.2 Å². The molecule has 0 radical (unpaired) electrons. The van der Waals surface area contributed by atoms with Crippen LogP contribution in [0.1, 0.15) is 48.6 Å². The Morgan fingerprint density at radius 3 is 2.90 bits per heavy atom. The normalized spacial score (nSPS) is 25.0. The number of amides is 1. The molecule has 1 amide bonds. The molecule has 2 N–H and O–H groups in total. The predicted molar refractivity (Wildman–Crippen MR) is 84.5 cm³/mol. The molecule has 2 atom stereocenters. The van der Waals surface area contributed by atoms with Gasteiger partial charge in [-0.25, -0.2) is 0 Å². The second-order valence-corrected chi connectivity index (χ2v) is 7.11. The average molecular weight is 303 g/mol. The number of rotatable bonds is 2. The molecular formula is C16H21N3OS. The van der Waals surface area contributed by atoms with E-state index in [0.29, 0.717) is 5.56 Å². The van der Waals surface area contributed by atoms with E-state index in [2.05, 4.69) is 16.7 Å². The van der Waals surface area contributed by atoms with Crippen LogP contribution in [0, 0.1) is 17.2 Å². The number of hydrogen-bond acceptors (Lipinski definition) is 4. The Kier molecular flexibility index (Phi) is 4.27. The summed E-state index contributed by atoms with van der Waals surface area (Å²) in [5.74, 6) is 0.0684. The van der Waals surface area contributed by atoms with Crippen LogP contribution in [0.25, 0.3) is 0 Å². The van der Waals surface area contributed by atoms with E-state index >= 15 is 0 Å². The summed E-state index contributed by atoms with van der Waals surface area (Å²) >= 11 is 1.61. The van der Waals surface area contributed by atoms with Crippen LogP contribution in [0.2, 0.25) is 0 Å². The molecule has 21 heavy (non-hydrogen) atoms. The fraction of sp³-hybridized carbons (Fsp3) is 0.625. The molecule has 0 saturated carbocycles. The molecule has 2 unspecified atom stereocenters. The number of aryl methyl sites for hydroxylation is 1. The van der Waals surface area contributed by atoms with Gasteiger partial charge in [0.2, 0.25) is 5.91 Å². The Balaban J connectivity index is 1.82. The van der Waals surface area contributed by atoms with Gasteiger partial charge in [-0.3, -0.25) is 4.79 Å². The molecule has 0 bridgehead atoms. The van der Waals surface area contributed by atoms with Crippen LogP contribution in [0.5, 0.6) is 0 Å². The lowest BCUT2D eigenvalue weighted by Crippen LogP contribution is -2.32. The smallest absolute Gasteiger partial charge is 0.229 e. The summed E-state index contributed by atoms with van der Waals surface area (Å²) in [5, 5.41) is 16.6. The lowest BCUT2D eigenvalue weighted by molar-refractivity contribution is -0.119. The minimum atomic E-state index is 0.0125. The maximum absolute atomic E-state index is 12.4. The Hall–Kier alpha value is -1.38. The molecule has 1 saturated heterocycles. The number of anilines is 1. The van der Waals surface area contributed by atoms with E-state index in [1.54, 1.807) is 11.3 Å². The molecule has 0 aromatic carbocycles. The minimum Gasteiger partial charge on any atom is -0.316 e. The molecule has 1 aromatic rings. The van der Waals surface area contributed by atoms with Gasteiger partial charge in [-0.2, -0.15) is 5.26 Å². The number of hydrogen-bond donors (Lipinski definition) is 2. The van der Waals surface area contributed by atoms with Gasteiger partial charge in [0.15, 0.2) is 0 Å². The van der Waals surface area contributed by atoms with E-state index in [9.17, 15) is 10.1 Å². The number of fused-ring (bicyclic) bond motifs is 1. The zero-order chi connectivity index (χ0) is 14.8. The summed E-state index contributed by atoms with van der Waals surface area (Å²) in [6, 6.07) is 2.53. The first-order valence-electron chi connectivity index (χ1n) is 7.79. The molecule has 2 aliphatic rings. The Bertz CT molecular complexity index is 587. The van der Waals surface area contributed by atoms with Crippen LogP contribution < -0.4 is 10.6 Å². The maximum Gasteiger partial charge on any atom is 0.229 e. The van der Waals surface area contributed by atoms with Crippen LogP contribution in [0.15, 0.2) is 0 Å². The molecule has 2 heterocycles. The van der Waals surface area contributed by atoms with Gasteiger partial charge in [0.05, 0.1) is 11.5 Å². The second-order valence-electron chi connectivity index (χ2n) is 6.01. The first-order chi connectivity index (χ1) is 10.2. The van der Waals surface area contributed by atoms with Gasteiger partial charge in [0, 0.05) is 10.9 Å². The fourth-order valence-electron chi connectivity index (χ4n) is 3.37. The predicted octanol–water partition coefficient (Wildman–Crippen LogP) is 2.83. The Morgan fingerprint density at radius 2 is 2.19 bits per heavy atom. The summed E-state index contributed by atoms with van der Waals surface area (Å²) < 4.78 is 0. The first-order valence-corrected chi connectivity index (χ1v) is 8.61. The summed E-state index contributed by atoms with van der Waals surface area (Å²) in [6.07, 6.45) is 6.47. The Morgan fingerprint density at radius 1 is 1.38 bits per heavy atom. The van der Waals surface area contributed by atoms with E-state index < -0.39 is 0 Å². The summed E-state index contributed by atoms with van der Waals surface area (Å²) in [4.78, 5) is 13.7. The molecule has 4 nitrogen and oxygen atoms in total. The van der Waals surface area contributed by atoms with Crippen molar-refractivity contribution >= 4 is 22.2 Å². The molecular weight excluding hydrogens is 282 g/mol. The van der Waals surface area contributed by atoms with Crippen molar-refractivity contribution in [2.24, 2.45) is 5.92 Å². The Labute approximate surface area is 129 Å². The van der Waals surface area contributed by atoms with Gasteiger partial charge in [-0.15, -0.1) is 11.3 Å². The molecule has 1 fully saturated rings. The zero-order valence-corrected chi connectivity index (χ0v) is 13.2. The number of carbonyl (C=O) groups excluding carboxylic acids is 1. The molecule has 0 spiro atoms. The van der Waals surface area contributed by atoms with Crippen molar-refractivity contribution < 1.29 is 4.79 Å². The van der Waals surface area contributed by atoms with Crippen molar-refractivity contribution in [3.8, 4) is 6.07 Å². The minimum absolute atomic E-state index is 0.0125. The third-order valence-electron chi connectivity index (χ3n) is 4.63. The van der Waals surface area contributed by atoms with Crippen LogP contribution in [0.4, 0.5) is 5.00 Å². The van der Waals surface area contributed by atoms with E-state index in [4.69, 9.17) is 0 Å². The zero-order valence-electron chi connectivity index (χ0n) is 12.4. The molecule has 112 valence electrons. The highest BCUT2D eigenvalue weighted by molar-refractivity contribution is 7.16. The summed E-state index contributed by atoms with van der Waals surface area (Å²) in [5.41, 5.74) is 1.90. The van der Waals surface area contributed by atoms with Gasteiger partial charge in [0.25, 0.3) is 0 Å². The van der Waals surface area contributed by atoms with Gasteiger partial charge < -0.3 is 10.6 Å². The van der Waals surface area contributed by atoms with Gasteiger partial charge >= 0.3 is 0 Å². The number of carbonyl (C=O) groups is 1. The molecule has 1 aromatic heterocycles. The van der Waals surface area contributed by atoms with E-state index in [1.807, 2.05) is 6.92 Å². The number of nitrogens with zero attached hydrogens (tertiary/aromatic N) is 1. The highest BCUT2D eigenvalue weighted by atomic mass is 32.1. The molecule has 1 aliphatic carbocycles. The number of thiophene rings is 1. The van der Waals surface area contributed by atoms with Gasteiger partial charge in [-0.1, -0.05) is 6.42 Å². The fourth-order valence-corrected chi connectivity index (χ4v) is 4.61. The summed E-state index contributed by atoms with van der Waals surface area (Å²) in [7, 11) is 0. The van der Waals surface area contributed by atoms with Gasteiger partial charge in [-0.05, 0) is 51.1 Å². The summed E-state index contributed by atoms with van der Waals surface area (Å²) in [6.45, 7) is 2.94. The second kappa shape index (κ2) is 6.17. The number of nitriles is 1. The average Bonchev–Trinajstić information content (AvgIpc) is 2.95. The lowest BCUT2D eigenvalue weighted by Gasteiger charge is -2.14. The largest absolute Gasteiger partial charge is 0.316 e.